The Morgan fingerprint density at radius 3 is 2.40 bits per heavy atom. The Bertz CT molecular complexity index is 576. The molecule has 2 aromatic carbocycles. The van der Waals surface area contributed by atoms with Gasteiger partial charge in [0.1, 0.15) is 0 Å². The Kier molecular flexibility index (Phi) is 3.80. The number of nitrogens with one attached hydrogen (secondary N) is 1. The smallest absolute Gasteiger partial charge is 0.0300 e. The summed E-state index contributed by atoms with van der Waals surface area (Å²) in [6, 6.07) is 16.5. The van der Waals surface area contributed by atoms with Crippen LogP contribution in [0.15, 0.2) is 42.5 Å². The molecule has 0 spiro atoms. The SMILES string of the molecule is CC(NC1CC(C(C)C)C1)c1cccc2ccccc12. The Labute approximate surface area is 122 Å². The first-order chi connectivity index (χ1) is 9.65. The van der Waals surface area contributed by atoms with Crippen molar-refractivity contribution >= 4 is 10.8 Å². The van der Waals surface area contributed by atoms with Crippen LogP contribution in [-0.4, -0.2) is 6.04 Å². The predicted octanol–water partition coefficient (Wildman–Crippen LogP) is 4.93. The maximum absolute atomic E-state index is 3.81. The zero-order valence-electron chi connectivity index (χ0n) is 12.8. The first kappa shape index (κ1) is 13.6. The molecule has 1 unspecified atom stereocenters. The van der Waals surface area contributed by atoms with Gasteiger partial charge in [-0.2, -0.15) is 0 Å². The van der Waals surface area contributed by atoms with Crippen molar-refractivity contribution in [1.82, 2.24) is 5.32 Å². The highest BCUT2D eigenvalue weighted by Crippen LogP contribution is 2.35. The fraction of sp³-hybridized carbons (Fsp3) is 0.474. The summed E-state index contributed by atoms with van der Waals surface area (Å²) in [4.78, 5) is 0. The summed E-state index contributed by atoms with van der Waals surface area (Å²) in [5.41, 5.74) is 1.43. The van der Waals surface area contributed by atoms with E-state index >= 15 is 0 Å². The minimum atomic E-state index is 0.430. The van der Waals surface area contributed by atoms with E-state index in [-0.39, 0.29) is 0 Å². The number of hydrogen-bond donors (Lipinski definition) is 1. The standard InChI is InChI=1S/C19H25N/c1-13(2)16-11-17(12-16)20-14(3)18-10-6-8-15-7-4-5-9-19(15)18/h4-10,13-14,16-17,20H,11-12H2,1-3H3. The molecule has 1 aliphatic carbocycles. The van der Waals surface area contributed by atoms with Crippen LogP contribution in [0.25, 0.3) is 10.8 Å². The summed E-state index contributed by atoms with van der Waals surface area (Å²) in [6.45, 7) is 6.98. The Balaban J connectivity index is 1.72. The normalized spacial score (nSPS) is 23.8. The highest BCUT2D eigenvalue weighted by atomic mass is 15.0. The third-order valence-electron chi connectivity index (χ3n) is 4.89. The van der Waals surface area contributed by atoms with Crippen molar-refractivity contribution in [3.63, 3.8) is 0 Å². The van der Waals surface area contributed by atoms with Gasteiger partial charge in [0.05, 0.1) is 0 Å². The predicted molar refractivity (Wildman–Crippen MR) is 86.8 cm³/mol. The fourth-order valence-electron chi connectivity index (χ4n) is 3.41. The molecule has 0 radical (unpaired) electrons. The highest BCUT2D eigenvalue weighted by Gasteiger charge is 2.31. The van der Waals surface area contributed by atoms with Crippen LogP contribution >= 0.6 is 0 Å². The minimum absolute atomic E-state index is 0.430. The summed E-state index contributed by atoms with van der Waals surface area (Å²) in [6.07, 6.45) is 2.68. The van der Waals surface area contributed by atoms with Crippen LogP contribution in [0, 0.1) is 11.8 Å². The molecule has 0 saturated heterocycles. The van der Waals surface area contributed by atoms with Crippen molar-refractivity contribution in [2.45, 2.75) is 45.7 Å². The lowest BCUT2D eigenvalue weighted by atomic mass is 9.73. The van der Waals surface area contributed by atoms with Gasteiger partial charge in [0.15, 0.2) is 0 Å². The average molecular weight is 267 g/mol. The molecule has 1 N–H and O–H groups in total. The Morgan fingerprint density at radius 2 is 1.65 bits per heavy atom. The third kappa shape index (κ3) is 2.60. The molecule has 1 nitrogen and oxygen atoms in total. The summed E-state index contributed by atoms with van der Waals surface area (Å²) in [5, 5.41) is 6.53. The van der Waals surface area contributed by atoms with Crippen LogP contribution in [0.1, 0.15) is 45.2 Å². The molecular formula is C19H25N. The topological polar surface area (TPSA) is 12.0 Å². The second kappa shape index (κ2) is 5.57. The molecule has 0 aliphatic heterocycles. The van der Waals surface area contributed by atoms with E-state index in [1.165, 1.54) is 29.2 Å². The molecule has 20 heavy (non-hydrogen) atoms. The number of rotatable bonds is 4. The van der Waals surface area contributed by atoms with Crippen LogP contribution in [0.5, 0.6) is 0 Å². The minimum Gasteiger partial charge on any atom is -0.307 e. The Morgan fingerprint density at radius 1 is 0.950 bits per heavy atom. The van der Waals surface area contributed by atoms with E-state index in [9.17, 15) is 0 Å². The van der Waals surface area contributed by atoms with E-state index in [0.29, 0.717) is 12.1 Å². The summed E-state index contributed by atoms with van der Waals surface area (Å²) >= 11 is 0. The number of hydrogen-bond acceptors (Lipinski definition) is 1. The van der Waals surface area contributed by atoms with Gasteiger partial charge in [-0.1, -0.05) is 56.3 Å². The molecule has 0 bridgehead atoms. The van der Waals surface area contributed by atoms with Gasteiger partial charge in [-0.25, -0.2) is 0 Å². The third-order valence-corrected chi connectivity index (χ3v) is 4.89. The molecule has 1 saturated carbocycles. The maximum Gasteiger partial charge on any atom is 0.0300 e. The van der Waals surface area contributed by atoms with Crippen LogP contribution in [0.2, 0.25) is 0 Å². The molecule has 1 aliphatic rings. The van der Waals surface area contributed by atoms with Crippen LogP contribution in [0.3, 0.4) is 0 Å². The lowest BCUT2D eigenvalue weighted by molar-refractivity contribution is 0.159. The quantitative estimate of drug-likeness (QED) is 0.828. The van der Waals surface area contributed by atoms with Gasteiger partial charge in [0, 0.05) is 12.1 Å². The van der Waals surface area contributed by atoms with E-state index in [2.05, 4.69) is 68.6 Å². The van der Waals surface area contributed by atoms with Crippen LogP contribution in [0.4, 0.5) is 0 Å². The van der Waals surface area contributed by atoms with E-state index in [4.69, 9.17) is 0 Å². The summed E-state index contributed by atoms with van der Waals surface area (Å²) in [7, 11) is 0. The molecule has 106 valence electrons. The van der Waals surface area contributed by atoms with Crippen LogP contribution < -0.4 is 5.32 Å². The van der Waals surface area contributed by atoms with Crippen molar-refractivity contribution in [3.05, 3.63) is 48.0 Å². The monoisotopic (exact) mass is 267 g/mol. The van der Waals surface area contributed by atoms with E-state index in [1.54, 1.807) is 0 Å². The molecule has 2 aromatic rings. The summed E-state index contributed by atoms with van der Waals surface area (Å²) in [5.74, 6) is 1.76. The van der Waals surface area contributed by atoms with Gasteiger partial charge in [-0.3, -0.25) is 0 Å². The number of benzene rings is 2. The first-order valence-electron chi connectivity index (χ1n) is 7.89. The van der Waals surface area contributed by atoms with Gasteiger partial charge in [0.25, 0.3) is 0 Å². The molecular weight excluding hydrogens is 242 g/mol. The highest BCUT2D eigenvalue weighted by molar-refractivity contribution is 5.86. The van der Waals surface area contributed by atoms with Crippen molar-refractivity contribution < 1.29 is 0 Å². The summed E-state index contributed by atoms with van der Waals surface area (Å²) < 4.78 is 0. The van der Waals surface area contributed by atoms with Crippen molar-refractivity contribution in [2.75, 3.05) is 0 Å². The van der Waals surface area contributed by atoms with E-state index in [1.807, 2.05) is 0 Å². The van der Waals surface area contributed by atoms with Crippen molar-refractivity contribution in [2.24, 2.45) is 11.8 Å². The molecule has 0 amide bonds. The molecule has 0 heterocycles. The van der Waals surface area contributed by atoms with Gasteiger partial charge in [0.2, 0.25) is 0 Å². The largest absolute Gasteiger partial charge is 0.307 e. The van der Waals surface area contributed by atoms with Crippen molar-refractivity contribution in [3.8, 4) is 0 Å². The second-order valence-electron chi connectivity index (χ2n) is 6.63. The van der Waals surface area contributed by atoms with Gasteiger partial charge >= 0.3 is 0 Å². The molecule has 1 atom stereocenters. The first-order valence-corrected chi connectivity index (χ1v) is 7.89. The average Bonchev–Trinajstić information content (AvgIpc) is 2.41. The van der Waals surface area contributed by atoms with Crippen LogP contribution in [-0.2, 0) is 0 Å². The number of fused-ring (bicyclic) bond motifs is 1. The lowest BCUT2D eigenvalue weighted by Crippen LogP contribution is -2.44. The zero-order valence-corrected chi connectivity index (χ0v) is 12.8. The van der Waals surface area contributed by atoms with E-state index < -0.39 is 0 Å². The molecule has 3 rings (SSSR count). The lowest BCUT2D eigenvalue weighted by Gasteiger charge is -2.40. The van der Waals surface area contributed by atoms with Crippen molar-refractivity contribution in [1.29, 1.82) is 0 Å². The van der Waals surface area contributed by atoms with Gasteiger partial charge in [-0.05, 0) is 47.9 Å². The zero-order chi connectivity index (χ0) is 14.1. The maximum atomic E-state index is 3.81. The van der Waals surface area contributed by atoms with Gasteiger partial charge < -0.3 is 5.32 Å². The van der Waals surface area contributed by atoms with E-state index in [0.717, 1.165) is 11.8 Å². The molecule has 1 fully saturated rings. The van der Waals surface area contributed by atoms with Gasteiger partial charge in [-0.15, -0.1) is 0 Å². The fourth-order valence-corrected chi connectivity index (χ4v) is 3.41. The molecule has 1 heteroatoms. The Hall–Kier alpha value is -1.34. The molecule has 0 aromatic heterocycles. The second-order valence-corrected chi connectivity index (χ2v) is 6.63.